The van der Waals surface area contributed by atoms with E-state index < -0.39 is 0 Å². The predicted octanol–water partition coefficient (Wildman–Crippen LogP) is 4.78. The molecule has 49 heavy (non-hydrogen) atoms. The Kier molecular flexibility index (Phi) is 7.33. The number of allylic oxidation sites excluding steroid dienone is 2. The van der Waals surface area contributed by atoms with Gasteiger partial charge in [0, 0.05) is 5.56 Å². The molecule has 4 aromatic carbocycles. The maximum atomic E-state index is 10.4. The monoisotopic (exact) mass is 628 g/mol. The number of rotatable bonds is 4. The number of fused-ring (bicyclic) bond motifs is 2. The van der Waals surface area contributed by atoms with E-state index in [1.54, 1.807) is 19.1 Å². The van der Waals surface area contributed by atoms with Crippen LogP contribution in [0.3, 0.4) is 0 Å². The molecule has 0 fully saturated rings. The molecular weight excluding hydrogens is 612 g/mol. The molecule has 2 aliphatic heterocycles. The lowest BCUT2D eigenvalue weighted by Crippen LogP contribution is -2.22. The Labute approximate surface area is 278 Å². The summed E-state index contributed by atoms with van der Waals surface area (Å²) in [5.74, 6) is -0.00237. The normalized spacial score (nSPS) is 12.9. The predicted molar refractivity (Wildman–Crippen MR) is 175 cm³/mol. The molecule has 0 bridgehead atoms. The molecule has 7 rings (SSSR count). The lowest BCUT2D eigenvalue weighted by molar-refractivity contribution is 0.993. The summed E-state index contributed by atoms with van der Waals surface area (Å²) in [4.78, 5) is 38.5. The largest absolute Gasteiger partial charge is 0.250 e. The highest BCUT2D eigenvalue weighted by molar-refractivity contribution is 5.80. The van der Waals surface area contributed by atoms with Crippen LogP contribution in [0.1, 0.15) is 22.8 Å². The quantitative estimate of drug-likeness (QED) is 0.205. The maximum Gasteiger partial charge on any atom is 0.196 e. The van der Waals surface area contributed by atoms with Gasteiger partial charge in [0.2, 0.25) is 0 Å². The minimum Gasteiger partial charge on any atom is -0.250 e. The average Bonchev–Trinajstić information content (AvgIpc) is 3.74. The fourth-order valence-electron chi connectivity index (χ4n) is 5.19. The number of nitrogens with zero attached hydrogens (tertiary/aromatic N) is 12. The first-order chi connectivity index (χ1) is 23.9. The molecule has 0 atom stereocenters. The van der Waals surface area contributed by atoms with Crippen molar-refractivity contribution in [2.75, 3.05) is 0 Å². The molecule has 12 heteroatoms. The highest BCUT2D eigenvalue weighted by Gasteiger charge is 2.23. The molecule has 0 radical (unpaired) electrons. The summed E-state index contributed by atoms with van der Waals surface area (Å²) < 4.78 is 0. The standard InChI is InChI=1S/C37H16N12/c1-20-13-29-30(14-24(20)17-38)44-34(43-29)25(18-39)36-47-33(23-11-9-22(10-12-23)21-7-5-4-6-8-21)48-37(49-36)26(19-40)35-45-31-15-27(41-2)28(42-3)16-32(31)46-35/h4-16H,1H3/b34-25-. The second-order valence-corrected chi connectivity index (χ2v) is 10.6. The van der Waals surface area contributed by atoms with Crippen LogP contribution in [0.2, 0.25) is 0 Å². The topological polar surface area (TPSA) is 168 Å². The Bertz CT molecular complexity index is 2760. The number of aryl methyl sites for hydroxylation is 1. The zero-order chi connectivity index (χ0) is 34.1. The Balaban J connectivity index is 1.44. The molecule has 0 saturated heterocycles. The van der Waals surface area contributed by atoms with Crippen LogP contribution in [0.15, 0.2) is 110 Å². The Hall–Kier alpha value is -7.98. The summed E-state index contributed by atoms with van der Waals surface area (Å²) in [7, 11) is 0. The van der Waals surface area contributed by atoms with Gasteiger partial charge in [0.05, 0.1) is 46.2 Å². The molecule has 0 unspecified atom stereocenters. The van der Waals surface area contributed by atoms with Gasteiger partial charge in [0.15, 0.2) is 40.5 Å². The van der Waals surface area contributed by atoms with E-state index in [9.17, 15) is 15.8 Å². The number of hydrogen-bond donors (Lipinski definition) is 0. The van der Waals surface area contributed by atoms with Crippen LogP contribution < -0.4 is 21.4 Å². The van der Waals surface area contributed by atoms with Crippen molar-refractivity contribution in [3.05, 3.63) is 158 Å². The summed E-state index contributed by atoms with van der Waals surface area (Å²) in [6.45, 7) is 16.6. The van der Waals surface area contributed by atoms with Crippen LogP contribution in [0.5, 0.6) is 0 Å². The first kappa shape index (κ1) is 29.7. The highest BCUT2D eigenvalue weighted by atomic mass is 15.1. The zero-order valence-electron chi connectivity index (χ0n) is 25.4. The molecule has 3 heterocycles. The SMILES string of the molecule is [C-]#[N+]c1cc2c(cc1[N+]#[C-])=NC(=C(C#N)c1nc(/C(C#N)=C3/N=c4cc(C)c(C#N)cc4=N3)nc(-c3ccc(-c4ccccc4)cc3)n1)N=2. The molecule has 0 spiro atoms. The molecule has 0 N–H and O–H groups in total. The smallest absolute Gasteiger partial charge is 0.196 e. The second kappa shape index (κ2) is 12.1. The van der Waals surface area contributed by atoms with Gasteiger partial charge < -0.3 is 0 Å². The van der Waals surface area contributed by atoms with Crippen LogP contribution in [0, 0.1) is 54.1 Å². The fraction of sp³-hybridized carbons (Fsp3) is 0.0270. The van der Waals surface area contributed by atoms with E-state index in [1.807, 2.05) is 54.6 Å². The number of hydrogen-bond acceptors (Lipinski definition) is 10. The average molecular weight is 629 g/mol. The molecule has 12 nitrogen and oxygen atoms in total. The molecule has 224 valence electrons. The lowest BCUT2D eigenvalue weighted by atomic mass is 10.0. The summed E-state index contributed by atoms with van der Waals surface area (Å²) in [5, 5.41) is 31.8. The van der Waals surface area contributed by atoms with Crippen molar-refractivity contribution in [1.29, 1.82) is 15.8 Å². The van der Waals surface area contributed by atoms with Gasteiger partial charge in [0.1, 0.15) is 23.3 Å². The van der Waals surface area contributed by atoms with E-state index in [1.165, 1.54) is 12.1 Å². The van der Waals surface area contributed by atoms with Gasteiger partial charge in [0.25, 0.3) is 0 Å². The van der Waals surface area contributed by atoms with E-state index in [0.717, 1.165) is 11.1 Å². The highest BCUT2D eigenvalue weighted by Crippen LogP contribution is 2.29. The van der Waals surface area contributed by atoms with Gasteiger partial charge in [-0.2, -0.15) is 15.8 Å². The van der Waals surface area contributed by atoms with Crippen molar-refractivity contribution < 1.29 is 0 Å². The van der Waals surface area contributed by atoms with E-state index in [2.05, 4.69) is 62.8 Å². The van der Waals surface area contributed by atoms with Crippen molar-refractivity contribution in [3.8, 4) is 40.7 Å². The van der Waals surface area contributed by atoms with E-state index in [-0.39, 0.29) is 51.6 Å². The molecule has 0 amide bonds. The van der Waals surface area contributed by atoms with Gasteiger partial charge >= 0.3 is 0 Å². The minimum absolute atomic E-state index is 0.0218. The van der Waals surface area contributed by atoms with Crippen LogP contribution in [0.25, 0.3) is 43.4 Å². The van der Waals surface area contributed by atoms with Gasteiger partial charge in [-0.1, -0.05) is 54.6 Å². The molecule has 0 saturated carbocycles. The van der Waals surface area contributed by atoms with Gasteiger partial charge in [-0.05, 0) is 47.9 Å². The third-order valence-corrected chi connectivity index (χ3v) is 7.66. The van der Waals surface area contributed by atoms with Crippen molar-refractivity contribution >= 4 is 22.5 Å². The van der Waals surface area contributed by atoms with Crippen molar-refractivity contribution in [3.63, 3.8) is 0 Å². The van der Waals surface area contributed by atoms with E-state index >= 15 is 0 Å². The Morgan fingerprint density at radius 3 is 1.55 bits per heavy atom. The third-order valence-electron chi connectivity index (χ3n) is 7.66. The number of nitriles is 3. The maximum absolute atomic E-state index is 10.4. The van der Waals surface area contributed by atoms with Crippen molar-refractivity contribution in [2.24, 2.45) is 20.0 Å². The first-order valence-corrected chi connectivity index (χ1v) is 14.5. The first-order valence-electron chi connectivity index (χ1n) is 14.5. The van der Waals surface area contributed by atoms with Crippen LogP contribution in [0.4, 0.5) is 11.4 Å². The Morgan fingerprint density at radius 1 is 0.592 bits per heavy atom. The van der Waals surface area contributed by atoms with Crippen LogP contribution >= 0.6 is 0 Å². The number of benzene rings is 4. The van der Waals surface area contributed by atoms with Gasteiger partial charge in [-0.3, -0.25) is 9.69 Å². The fourth-order valence-corrected chi connectivity index (χ4v) is 5.19. The van der Waals surface area contributed by atoms with E-state index in [0.29, 0.717) is 38.1 Å². The molecule has 0 aliphatic carbocycles. The molecule has 5 aromatic rings. The lowest BCUT2D eigenvalue weighted by Gasteiger charge is -2.08. The molecular formula is C37H16N12. The van der Waals surface area contributed by atoms with Crippen molar-refractivity contribution in [1.82, 2.24) is 15.0 Å². The summed E-state index contributed by atoms with van der Waals surface area (Å²) in [6, 6.07) is 29.8. The summed E-state index contributed by atoms with van der Waals surface area (Å²) in [5.41, 5.74) is 3.75. The second-order valence-electron chi connectivity index (χ2n) is 10.6. The van der Waals surface area contributed by atoms with Gasteiger partial charge in [-0.15, -0.1) is 0 Å². The Morgan fingerprint density at radius 2 is 1.06 bits per heavy atom. The summed E-state index contributed by atoms with van der Waals surface area (Å²) in [6.07, 6.45) is 0. The van der Waals surface area contributed by atoms with Crippen molar-refractivity contribution in [2.45, 2.75) is 6.92 Å². The van der Waals surface area contributed by atoms with Gasteiger partial charge in [-0.25, -0.2) is 34.9 Å². The minimum atomic E-state index is -0.115. The number of aromatic nitrogens is 3. The molecule has 1 aromatic heterocycles. The van der Waals surface area contributed by atoms with Crippen LogP contribution in [-0.2, 0) is 0 Å². The molecule has 2 aliphatic rings. The summed E-state index contributed by atoms with van der Waals surface area (Å²) >= 11 is 0. The third kappa shape index (κ3) is 5.35. The zero-order valence-corrected chi connectivity index (χ0v) is 25.4. The van der Waals surface area contributed by atoms with Crippen LogP contribution in [-0.4, -0.2) is 15.0 Å². The van der Waals surface area contributed by atoms with E-state index in [4.69, 9.17) is 13.1 Å².